The van der Waals surface area contributed by atoms with E-state index < -0.39 is 18.2 Å². The number of carboxylic acid groups (broad SMARTS) is 1. The van der Waals surface area contributed by atoms with E-state index in [1.165, 1.54) is 0 Å². The molecule has 1 aromatic carbocycles. The van der Waals surface area contributed by atoms with Crippen molar-refractivity contribution in [3.8, 4) is 0 Å². The standard InChI is InChI=1S/C29H47ClO7/c1-5-9-15-33-20-24-26(34-16-10-6-2)28(36-18-12-8-4)27(35-17-11-7-3)25(37-24)21-13-14-23(30)22(19-21)29(31)32/h13-14,19,24-28H,5-12,15-18,20H2,1-4H3,(H,31,32)/t24-,25+,26-,27+,28+/m1/s1. The van der Waals surface area contributed by atoms with Crippen molar-refractivity contribution in [2.24, 2.45) is 0 Å². The number of unbranched alkanes of at least 4 members (excludes halogenated alkanes) is 4. The summed E-state index contributed by atoms with van der Waals surface area (Å²) in [5.74, 6) is -1.08. The van der Waals surface area contributed by atoms with E-state index in [0.29, 0.717) is 38.6 Å². The fraction of sp³-hybridized carbons (Fsp3) is 0.759. The van der Waals surface area contributed by atoms with Crippen LogP contribution in [0, 0.1) is 0 Å². The molecule has 0 saturated carbocycles. The highest BCUT2D eigenvalue weighted by molar-refractivity contribution is 6.33. The number of hydrogen-bond acceptors (Lipinski definition) is 6. The van der Waals surface area contributed by atoms with Gasteiger partial charge in [0.1, 0.15) is 30.5 Å². The van der Waals surface area contributed by atoms with Crippen LogP contribution < -0.4 is 0 Å². The summed E-state index contributed by atoms with van der Waals surface area (Å²) in [6.07, 6.45) is 5.64. The van der Waals surface area contributed by atoms with Gasteiger partial charge in [-0.25, -0.2) is 4.79 Å². The molecule has 0 radical (unpaired) electrons. The van der Waals surface area contributed by atoms with Crippen molar-refractivity contribution in [3.63, 3.8) is 0 Å². The molecule has 1 aliphatic heterocycles. The third kappa shape index (κ3) is 10.1. The van der Waals surface area contributed by atoms with Crippen LogP contribution >= 0.6 is 11.6 Å². The zero-order chi connectivity index (χ0) is 27.0. The first kappa shape index (κ1) is 32.0. The molecule has 0 spiro atoms. The van der Waals surface area contributed by atoms with E-state index in [4.69, 9.17) is 35.3 Å². The number of carboxylic acids is 1. The van der Waals surface area contributed by atoms with Crippen molar-refractivity contribution < 1.29 is 33.6 Å². The first-order chi connectivity index (χ1) is 18.0. The lowest BCUT2D eigenvalue weighted by atomic mass is 9.89. The second-order valence-electron chi connectivity index (χ2n) is 9.63. The van der Waals surface area contributed by atoms with Crippen LogP contribution in [0.4, 0.5) is 0 Å². The normalized spacial score (nSPS) is 23.9. The van der Waals surface area contributed by atoms with Gasteiger partial charge in [-0.05, 0) is 43.4 Å². The predicted molar refractivity (Wildman–Crippen MR) is 146 cm³/mol. The molecule has 8 heteroatoms. The molecule has 1 aliphatic rings. The highest BCUT2D eigenvalue weighted by atomic mass is 35.5. The Morgan fingerprint density at radius 1 is 0.838 bits per heavy atom. The lowest BCUT2D eigenvalue weighted by Crippen LogP contribution is -2.58. The maximum absolute atomic E-state index is 11.8. The van der Waals surface area contributed by atoms with Crippen LogP contribution in [0.5, 0.6) is 0 Å². The van der Waals surface area contributed by atoms with Gasteiger partial charge in [-0.15, -0.1) is 0 Å². The van der Waals surface area contributed by atoms with Gasteiger partial charge in [-0.3, -0.25) is 0 Å². The number of ether oxygens (including phenoxy) is 5. The van der Waals surface area contributed by atoms with E-state index in [9.17, 15) is 9.90 Å². The largest absolute Gasteiger partial charge is 0.478 e. The van der Waals surface area contributed by atoms with E-state index in [1.54, 1.807) is 12.1 Å². The Morgan fingerprint density at radius 2 is 1.38 bits per heavy atom. The van der Waals surface area contributed by atoms with E-state index in [-0.39, 0.29) is 28.9 Å². The van der Waals surface area contributed by atoms with Gasteiger partial charge >= 0.3 is 5.97 Å². The quantitative estimate of drug-likeness (QED) is 0.191. The maximum Gasteiger partial charge on any atom is 0.337 e. The van der Waals surface area contributed by atoms with Crippen LogP contribution in [-0.4, -0.2) is 68.5 Å². The van der Waals surface area contributed by atoms with Crippen LogP contribution in [0.25, 0.3) is 0 Å². The molecule has 0 amide bonds. The zero-order valence-corrected chi connectivity index (χ0v) is 23.8. The summed E-state index contributed by atoms with van der Waals surface area (Å²) in [7, 11) is 0. The smallest absolute Gasteiger partial charge is 0.337 e. The molecule has 0 unspecified atom stereocenters. The first-order valence-electron chi connectivity index (χ1n) is 14.1. The van der Waals surface area contributed by atoms with Crippen molar-refractivity contribution in [2.45, 2.75) is 110 Å². The van der Waals surface area contributed by atoms with Crippen molar-refractivity contribution in [1.29, 1.82) is 0 Å². The van der Waals surface area contributed by atoms with Gasteiger partial charge in [0.2, 0.25) is 0 Å². The highest BCUT2D eigenvalue weighted by Crippen LogP contribution is 2.38. The van der Waals surface area contributed by atoms with Crippen LogP contribution in [0.1, 0.15) is 101 Å². The molecule has 1 saturated heterocycles. The van der Waals surface area contributed by atoms with E-state index in [2.05, 4.69) is 27.7 Å². The number of benzene rings is 1. The number of hydrogen-bond donors (Lipinski definition) is 1. The summed E-state index contributed by atoms with van der Waals surface area (Å²) in [5.41, 5.74) is 0.730. The van der Waals surface area contributed by atoms with E-state index in [1.807, 2.05) is 6.07 Å². The molecule has 0 aromatic heterocycles. The predicted octanol–water partition coefficient (Wildman–Crippen LogP) is 6.85. The van der Waals surface area contributed by atoms with Crippen molar-refractivity contribution in [3.05, 3.63) is 34.3 Å². The first-order valence-corrected chi connectivity index (χ1v) is 14.5. The maximum atomic E-state index is 11.8. The number of halogens is 1. The van der Waals surface area contributed by atoms with Gasteiger partial charge in [0.25, 0.3) is 0 Å². The molecule has 1 aromatic rings. The summed E-state index contributed by atoms with van der Waals surface area (Å²) in [5, 5.41) is 9.87. The molecule has 37 heavy (non-hydrogen) atoms. The van der Waals surface area contributed by atoms with Crippen LogP contribution in [0.2, 0.25) is 5.02 Å². The summed E-state index contributed by atoms with van der Waals surface area (Å²) < 4.78 is 32.0. The molecule has 1 fully saturated rings. The minimum atomic E-state index is -1.08. The van der Waals surface area contributed by atoms with Crippen LogP contribution in [-0.2, 0) is 23.7 Å². The fourth-order valence-electron chi connectivity index (χ4n) is 4.31. The molecular formula is C29H47ClO7. The van der Waals surface area contributed by atoms with E-state index in [0.717, 1.165) is 51.4 Å². The molecular weight excluding hydrogens is 496 g/mol. The Hall–Kier alpha value is -1.22. The van der Waals surface area contributed by atoms with Gasteiger partial charge in [0.05, 0.1) is 17.2 Å². The van der Waals surface area contributed by atoms with Crippen molar-refractivity contribution in [1.82, 2.24) is 0 Å². The summed E-state index contributed by atoms with van der Waals surface area (Å²) in [6, 6.07) is 5.00. The Bertz CT molecular complexity index is 775. The second-order valence-corrected chi connectivity index (χ2v) is 10.0. The summed E-state index contributed by atoms with van der Waals surface area (Å²) in [6.45, 7) is 11.2. The van der Waals surface area contributed by atoms with Crippen LogP contribution in [0.3, 0.4) is 0 Å². The summed E-state index contributed by atoms with van der Waals surface area (Å²) >= 11 is 6.19. The molecule has 0 aliphatic carbocycles. The molecule has 212 valence electrons. The second kappa shape index (κ2) is 18.1. The molecule has 1 N–H and O–H groups in total. The fourth-order valence-corrected chi connectivity index (χ4v) is 4.51. The minimum absolute atomic E-state index is 0.0376. The topological polar surface area (TPSA) is 83.5 Å². The Morgan fingerprint density at radius 3 is 1.95 bits per heavy atom. The Balaban J connectivity index is 2.46. The molecule has 1 heterocycles. The van der Waals surface area contributed by atoms with Crippen molar-refractivity contribution >= 4 is 17.6 Å². The third-order valence-corrected chi connectivity index (χ3v) is 6.86. The number of aromatic carboxylic acids is 1. The molecule has 7 nitrogen and oxygen atoms in total. The zero-order valence-electron chi connectivity index (χ0n) is 23.1. The van der Waals surface area contributed by atoms with Crippen molar-refractivity contribution in [2.75, 3.05) is 33.0 Å². The molecule has 2 rings (SSSR count). The van der Waals surface area contributed by atoms with Gasteiger partial charge in [0.15, 0.2) is 0 Å². The molecule has 5 atom stereocenters. The average Bonchev–Trinajstić information content (AvgIpc) is 2.89. The Labute approximate surface area is 228 Å². The lowest BCUT2D eigenvalue weighted by Gasteiger charge is -2.46. The van der Waals surface area contributed by atoms with Gasteiger partial charge in [-0.1, -0.05) is 71.0 Å². The number of rotatable bonds is 19. The summed E-state index contributed by atoms with van der Waals surface area (Å²) in [4.78, 5) is 11.8. The Kier molecular flexibility index (Phi) is 15.7. The lowest BCUT2D eigenvalue weighted by molar-refractivity contribution is -0.268. The number of carbonyl (C=O) groups is 1. The van der Waals surface area contributed by atoms with Gasteiger partial charge in [-0.2, -0.15) is 0 Å². The SMILES string of the molecule is CCCCOC[C@H]1O[C@@H](c2ccc(Cl)c(C(=O)O)c2)[C@H](OCCCC)[C@@H](OCCCC)[C@@H]1OCCCC. The highest BCUT2D eigenvalue weighted by Gasteiger charge is 2.48. The van der Waals surface area contributed by atoms with Crippen LogP contribution in [0.15, 0.2) is 18.2 Å². The molecule has 0 bridgehead atoms. The van der Waals surface area contributed by atoms with Gasteiger partial charge in [0, 0.05) is 26.4 Å². The third-order valence-electron chi connectivity index (χ3n) is 6.53. The monoisotopic (exact) mass is 542 g/mol. The average molecular weight is 543 g/mol. The van der Waals surface area contributed by atoms with Gasteiger partial charge < -0.3 is 28.8 Å². The van der Waals surface area contributed by atoms with E-state index >= 15 is 0 Å². The minimum Gasteiger partial charge on any atom is -0.478 e.